The molecule has 92 valence electrons. The van der Waals surface area contributed by atoms with Crippen LogP contribution >= 0.6 is 0 Å². The van der Waals surface area contributed by atoms with Crippen LogP contribution in [0.15, 0.2) is 41.7 Å². The van der Waals surface area contributed by atoms with Crippen LogP contribution in [0.3, 0.4) is 0 Å². The number of fused-ring (bicyclic) bond motifs is 1. The normalized spacial score (nSPS) is 22.1. The van der Waals surface area contributed by atoms with Gasteiger partial charge in [0.05, 0.1) is 6.42 Å². The number of carboxylic acids is 1. The van der Waals surface area contributed by atoms with Crippen molar-refractivity contribution in [1.29, 1.82) is 0 Å². The standard InChI is InChI=1S/C13H12N2O3/c1-8-12(13(17)18)15-10(7-11(15)16)14(8)9-5-3-2-4-6-9/h2-6,10H,7H2,1H3,(H,17,18). The minimum absolute atomic E-state index is 0.0973. The van der Waals surface area contributed by atoms with E-state index >= 15 is 0 Å². The maximum Gasteiger partial charge on any atom is 0.354 e. The molecule has 0 spiro atoms. The lowest BCUT2D eigenvalue weighted by Crippen LogP contribution is -2.55. The van der Waals surface area contributed by atoms with E-state index in [0.717, 1.165) is 5.69 Å². The molecule has 0 saturated carbocycles. The number of nitrogens with zero attached hydrogens (tertiary/aromatic N) is 2. The molecule has 1 N–H and O–H groups in total. The van der Waals surface area contributed by atoms with Gasteiger partial charge in [-0.2, -0.15) is 0 Å². The second kappa shape index (κ2) is 3.60. The third-order valence-electron chi connectivity index (χ3n) is 3.40. The lowest BCUT2D eigenvalue weighted by Gasteiger charge is -2.40. The smallest absolute Gasteiger partial charge is 0.354 e. The zero-order valence-corrected chi connectivity index (χ0v) is 9.83. The van der Waals surface area contributed by atoms with Crippen molar-refractivity contribution in [2.24, 2.45) is 0 Å². The van der Waals surface area contributed by atoms with Gasteiger partial charge in [0.25, 0.3) is 0 Å². The number of carboxylic acid groups (broad SMARTS) is 1. The highest BCUT2D eigenvalue weighted by Crippen LogP contribution is 2.41. The molecule has 3 rings (SSSR count). The number of hydrogen-bond donors (Lipinski definition) is 1. The first-order valence-corrected chi connectivity index (χ1v) is 5.72. The van der Waals surface area contributed by atoms with Crippen molar-refractivity contribution in [3.8, 4) is 0 Å². The summed E-state index contributed by atoms with van der Waals surface area (Å²) in [6.45, 7) is 1.74. The highest BCUT2D eigenvalue weighted by molar-refractivity contribution is 6.00. The van der Waals surface area contributed by atoms with Crippen molar-refractivity contribution in [3.05, 3.63) is 41.7 Å². The number of anilines is 1. The number of amides is 1. The number of β-lactam (4-membered cyclic amide) rings is 1. The Labute approximate surface area is 104 Å². The highest BCUT2D eigenvalue weighted by Gasteiger charge is 2.51. The van der Waals surface area contributed by atoms with Gasteiger partial charge in [0.2, 0.25) is 5.91 Å². The maximum absolute atomic E-state index is 11.6. The van der Waals surface area contributed by atoms with Gasteiger partial charge >= 0.3 is 5.97 Å². The molecule has 2 heterocycles. The van der Waals surface area contributed by atoms with Crippen molar-refractivity contribution < 1.29 is 14.7 Å². The summed E-state index contributed by atoms with van der Waals surface area (Å²) in [6.07, 6.45) is 0.189. The summed E-state index contributed by atoms with van der Waals surface area (Å²) >= 11 is 0. The number of rotatable bonds is 2. The number of allylic oxidation sites excluding steroid dienone is 1. The summed E-state index contributed by atoms with van der Waals surface area (Å²) in [5, 5.41) is 9.21. The first kappa shape index (κ1) is 10.8. The quantitative estimate of drug-likeness (QED) is 0.798. The van der Waals surface area contributed by atoms with E-state index in [1.165, 1.54) is 4.90 Å². The summed E-state index contributed by atoms with van der Waals surface area (Å²) in [4.78, 5) is 26.1. The van der Waals surface area contributed by atoms with E-state index < -0.39 is 5.97 Å². The minimum atomic E-state index is -1.05. The van der Waals surface area contributed by atoms with E-state index in [1.807, 2.05) is 35.2 Å². The van der Waals surface area contributed by atoms with Crippen molar-refractivity contribution >= 4 is 17.6 Å². The Balaban J connectivity index is 2.07. The van der Waals surface area contributed by atoms with Crippen LogP contribution in [0.25, 0.3) is 0 Å². The van der Waals surface area contributed by atoms with E-state index in [0.29, 0.717) is 12.1 Å². The Morgan fingerprint density at radius 1 is 1.28 bits per heavy atom. The van der Waals surface area contributed by atoms with Gasteiger partial charge in [-0.25, -0.2) is 4.79 Å². The maximum atomic E-state index is 11.6. The van der Waals surface area contributed by atoms with Crippen molar-refractivity contribution in [1.82, 2.24) is 4.90 Å². The fraction of sp³-hybridized carbons (Fsp3) is 0.231. The number of aliphatic carboxylic acids is 1. The Morgan fingerprint density at radius 3 is 2.44 bits per heavy atom. The van der Waals surface area contributed by atoms with Crippen LogP contribution in [-0.4, -0.2) is 28.0 Å². The van der Waals surface area contributed by atoms with Gasteiger partial charge in [0, 0.05) is 11.4 Å². The SMILES string of the molecule is CC1=C(C(=O)O)N2C(=O)CC2N1c1ccccc1. The molecule has 1 amide bonds. The van der Waals surface area contributed by atoms with Crippen LogP contribution in [0, 0.1) is 0 Å². The van der Waals surface area contributed by atoms with Gasteiger partial charge < -0.3 is 10.0 Å². The molecule has 18 heavy (non-hydrogen) atoms. The van der Waals surface area contributed by atoms with Gasteiger partial charge in [-0.15, -0.1) is 0 Å². The van der Waals surface area contributed by atoms with E-state index in [2.05, 4.69) is 0 Å². The number of carbonyl (C=O) groups is 2. The van der Waals surface area contributed by atoms with Crippen molar-refractivity contribution in [2.45, 2.75) is 19.5 Å². The van der Waals surface area contributed by atoms with Gasteiger partial charge in [-0.1, -0.05) is 18.2 Å². The van der Waals surface area contributed by atoms with Crippen LogP contribution in [0.1, 0.15) is 13.3 Å². The molecule has 1 atom stereocenters. The first-order valence-electron chi connectivity index (χ1n) is 5.72. The van der Waals surface area contributed by atoms with Gasteiger partial charge in [0.1, 0.15) is 6.17 Å². The molecule has 1 aromatic carbocycles. The zero-order valence-electron chi connectivity index (χ0n) is 9.83. The summed E-state index contributed by atoms with van der Waals surface area (Å²) in [6, 6.07) is 9.52. The van der Waals surface area contributed by atoms with E-state index in [9.17, 15) is 14.7 Å². The monoisotopic (exact) mass is 244 g/mol. The molecule has 5 nitrogen and oxygen atoms in total. The molecule has 1 fully saturated rings. The Bertz CT molecular complexity index is 565. The summed E-state index contributed by atoms with van der Waals surface area (Å²) in [5.74, 6) is -1.18. The average Bonchev–Trinajstić information content (AvgIpc) is 2.59. The molecular weight excluding hydrogens is 232 g/mol. The third-order valence-corrected chi connectivity index (χ3v) is 3.40. The van der Waals surface area contributed by atoms with Gasteiger partial charge in [-0.05, 0) is 19.1 Å². The molecule has 5 heteroatoms. The fourth-order valence-electron chi connectivity index (χ4n) is 2.60. The molecule has 0 radical (unpaired) electrons. The topological polar surface area (TPSA) is 60.9 Å². The summed E-state index contributed by atoms with van der Waals surface area (Å²) in [5.41, 5.74) is 1.62. The van der Waals surface area contributed by atoms with E-state index in [1.54, 1.807) is 6.92 Å². The van der Waals surface area contributed by atoms with Crippen molar-refractivity contribution in [2.75, 3.05) is 4.90 Å². The molecule has 1 unspecified atom stereocenters. The van der Waals surface area contributed by atoms with Crippen LogP contribution in [0.4, 0.5) is 5.69 Å². The predicted molar refractivity (Wildman–Crippen MR) is 64.5 cm³/mol. The third kappa shape index (κ3) is 1.27. The molecular formula is C13H12N2O3. The first-order chi connectivity index (χ1) is 8.61. The second-order valence-electron chi connectivity index (χ2n) is 4.39. The van der Waals surface area contributed by atoms with Gasteiger partial charge in [-0.3, -0.25) is 9.69 Å². The van der Waals surface area contributed by atoms with Crippen LogP contribution in [0.5, 0.6) is 0 Å². The summed E-state index contributed by atoms with van der Waals surface area (Å²) < 4.78 is 0. The largest absolute Gasteiger partial charge is 0.477 e. The average molecular weight is 244 g/mol. The minimum Gasteiger partial charge on any atom is -0.477 e. The number of para-hydroxylation sites is 1. The Kier molecular flexibility index (Phi) is 2.16. The highest BCUT2D eigenvalue weighted by atomic mass is 16.4. The van der Waals surface area contributed by atoms with E-state index in [4.69, 9.17) is 0 Å². The van der Waals surface area contributed by atoms with Crippen LogP contribution in [-0.2, 0) is 9.59 Å². The predicted octanol–water partition coefficient (Wildman–Crippen LogP) is 1.38. The zero-order chi connectivity index (χ0) is 12.9. The number of carbonyl (C=O) groups excluding carboxylic acids is 1. The number of benzene rings is 1. The summed E-state index contributed by atoms with van der Waals surface area (Å²) in [7, 11) is 0. The fourth-order valence-corrected chi connectivity index (χ4v) is 2.60. The number of hydrogen-bond acceptors (Lipinski definition) is 3. The molecule has 2 aliphatic heterocycles. The molecule has 2 aliphatic rings. The Morgan fingerprint density at radius 2 is 1.94 bits per heavy atom. The van der Waals surface area contributed by atoms with E-state index in [-0.39, 0.29) is 17.8 Å². The molecule has 0 bridgehead atoms. The molecule has 1 saturated heterocycles. The van der Waals surface area contributed by atoms with Crippen molar-refractivity contribution in [3.63, 3.8) is 0 Å². The second-order valence-corrected chi connectivity index (χ2v) is 4.39. The van der Waals surface area contributed by atoms with Gasteiger partial charge in [0.15, 0.2) is 5.70 Å². The lowest BCUT2D eigenvalue weighted by molar-refractivity contribution is -0.147. The lowest BCUT2D eigenvalue weighted by atomic mass is 10.1. The molecule has 0 aromatic heterocycles. The van der Waals surface area contributed by atoms with Crippen LogP contribution in [0.2, 0.25) is 0 Å². The Hall–Kier alpha value is -2.30. The van der Waals surface area contributed by atoms with Crippen LogP contribution < -0.4 is 4.90 Å². The molecule has 1 aromatic rings. The molecule has 0 aliphatic carbocycles.